The molecule has 1 aromatic rings. The van der Waals surface area contributed by atoms with Crippen LogP contribution >= 0.6 is 23.2 Å². The highest BCUT2D eigenvalue weighted by molar-refractivity contribution is 6.31. The number of nitrogens with one attached hydrogen (secondary N) is 2. The molecule has 4 atom stereocenters. The van der Waals surface area contributed by atoms with Crippen molar-refractivity contribution in [2.45, 2.75) is 72.9 Å². The average molecular weight is 517 g/mol. The number of rotatable bonds is 7. The molecule has 1 fully saturated rings. The van der Waals surface area contributed by atoms with E-state index < -0.39 is 17.4 Å². The first-order valence-electron chi connectivity index (χ1n) is 12.1. The van der Waals surface area contributed by atoms with E-state index in [0.717, 1.165) is 5.56 Å². The van der Waals surface area contributed by atoms with Crippen LogP contribution in [-0.2, 0) is 4.79 Å². The van der Waals surface area contributed by atoms with E-state index in [-0.39, 0.29) is 22.8 Å². The lowest BCUT2D eigenvalue weighted by Crippen LogP contribution is -2.47. The van der Waals surface area contributed by atoms with Crippen LogP contribution in [0.25, 0.3) is 0 Å². The Bertz CT molecular complexity index is 1020. The van der Waals surface area contributed by atoms with Crippen LogP contribution in [0.5, 0.6) is 0 Å². The first-order valence-corrected chi connectivity index (χ1v) is 12.9. The van der Waals surface area contributed by atoms with E-state index in [1.807, 2.05) is 43.4 Å². The number of carbonyl (C=O) groups excluding carboxylic acids is 1. The molecule has 0 spiro atoms. The minimum Gasteiger partial charge on any atom is -0.354 e. The van der Waals surface area contributed by atoms with Crippen LogP contribution in [0, 0.1) is 27.6 Å². The predicted molar refractivity (Wildman–Crippen MR) is 147 cm³/mol. The first-order chi connectivity index (χ1) is 16.2. The quantitative estimate of drug-likeness (QED) is 0.379. The molecule has 1 aliphatic heterocycles. The summed E-state index contributed by atoms with van der Waals surface area (Å²) in [6.07, 6.45) is 9.87. The fourth-order valence-electron chi connectivity index (χ4n) is 4.56. The van der Waals surface area contributed by atoms with Gasteiger partial charge in [-0.3, -0.25) is 4.79 Å². The van der Waals surface area contributed by atoms with Crippen molar-refractivity contribution >= 4 is 29.1 Å². The first kappa shape index (κ1) is 29.2. The van der Waals surface area contributed by atoms with Crippen molar-refractivity contribution in [2.75, 3.05) is 6.54 Å². The van der Waals surface area contributed by atoms with Crippen LogP contribution in [0.4, 0.5) is 0 Å². The summed E-state index contributed by atoms with van der Waals surface area (Å²) in [4.78, 5) is 13.6. The third kappa shape index (κ3) is 7.97. The Hall–Kier alpha value is -2.06. The number of nitrogens with zero attached hydrogens (tertiary/aromatic N) is 1. The summed E-state index contributed by atoms with van der Waals surface area (Å²) in [5.74, 6) is -0.555. The van der Waals surface area contributed by atoms with Crippen molar-refractivity contribution < 1.29 is 4.79 Å². The maximum atomic E-state index is 13.6. The lowest BCUT2D eigenvalue weighted by atomic mass is 9.66. The lowest BCUT2D eigenvalue weighted by molar-refractivity contribution is -0.123. The van der Waals surface area contributed by atoms with Gasteiger partial charge >= 0.3 is 0 Å². The SMILES string of the molecule is C\C=C/C(Cl)=C\C=C\[C@@]1(C#N)[C@H](CC(C)(C)C)N[C@@H](C(=O)NCC(C)(C)C)[C@@H]1c1cccc(Cl)c1. The Labute approximate surface area is 221 Å². The number of nitriles is 1. The third-order valence-corrected chi connectivity index (χ3v) is 6.54. The van der Waals surface area contributed by atoms with E-state index >= 15 is 0 Å². The van der Waals surface area contributed by atoms with E-state index in [2.05, 4.69) is 58.2 Å². The fraction of sp³-hybridized carbons (Fsp3) is 0.517. The van der Waals surface area contributed by atoms with Crippen molar-refractivity contribution in [2.24, 2.45) is 16.2 Å². The zero-order chi connectivity index (χ0) is 26.4. The summed E-state index contributed by atoms with van der Waals surface area (Å²) in [5.41, 5.74) is -0.273. The smallest absolute Gasteiger partial charge is 0.237 e. The largest absolute Gasteiger partial charge is 0.354 e. The molecule has 4 nitrogen and oxygen atoms in total. The molecule has 0 bridgehead atoms. The molecule has 2 N–H and O–H groups in total. The van der Waals surface area contributed by atoms with Gasteiger partial charge in [-0.15, -0.1) is 0 Å². The number of benzene rings is 1. The zero-order valence-electron chi connectivity index (χ0n) is 22.0. The Balaban J connectivity index is 2.67. The number of hydrogen-bond acceptors (Lipinski definition) is 3. The molecule has 0 radical (unpaired) electrons. The summed E-state index contributed by atoms with van der Waals surface area (Å²) >= 11 is 12.7. The van der Waals surface area contributed by atoms with E-state index in [1.54, 1.807) is 18.2 Å². The van der Waals surface area contributed by atoms with Gasteiger partial charge in [0.15, 0.2) is 0 Å². The molecule has 1 aliphatic rings. The minimum absolute atomic E-state index is 0.0643. The molecule has 0 unspecified atom stereocenters. The summed E-state index contributed by atoms with van der Waals surface area (Å²) in [7, 11) is 0. The summed E-state index contributed by atoms with van der Waals surface area (Å²) in [6, 6.07) is 9.25. The summed E-state index contributed by atoms with van der Waals surface area (Å²) < 4.78 is 0. The molecule has 0 aromatic heterocycles. The van der Waals surface area contributed by atoms with Crippen LogP contribution in [0.1, 0.15) is 66.4 Å². The van der Waals surface area contributed by atoms with E-state index in [1.165, 1.54) is 0 Å². The molecule has 1 amide bonds. The third-order valence-electron chi connectivity index (χ3n) is 6.05. The van der Waals surface area contributed by atoms with Gasteiger partial charge in [-0.2, -0.15) is 5.26 Å². The molecular formula is C29H39Cl2N3O. The van der Waals surface area contributed by atoms with Gasteiger partial charge in [0, 0.05) is 28.6 Å². The molecule has 1 aromatic carbocycles. The molecule has 1 heterocycles. The van der Waals surface area contributed by atoms with Crippen molar-refractivity contribution in [1.29, 1.82) is 5.26 Å². The summed E-state index contributed by atoms with van der Waals surface area (Å²) in [5, 5.41) is 18.5. The highest BCUT2D eigenvalue weighted by Crippen LogP contribution is 2.50. The zero-order valence-corrected chi connectivity index (χ0v) is 23.5. The van der Waals surface area contributed by atoms with Gasteiger partial charge in [0.25, 0.3) is 0 Å². The van der Waals surface area contributed by atoms with Gasteiger partial charge in [0.05, 0.1) is 17.5 Å². The second kappa shape index (κ2) is 11.8. The van der Waals surface area contributed by atoms with Crippen LogP contribution < -0.4 is 10.6 Å². The second-order valence-electron chi connectivity index (χ2n) is 11.7. The maximum absolute atomic E-state index is 13.6. The van der Waals surface area contributed by atoms with Gasteiger partial charge in [-0.25, -0.2) is 0 Å². The standard InChI is InChI=1S/C29H39Cl2N3O/c1-8-11-21(30)14-10-15-29(18-32)23(17-27(2,3)4)34-25(26(35)33-19-28(5,6)7)24(29)20-12-9-13-22(31)16-20/h8-16,23-25,34H,17,19H2,1-7H3,(H,33,35)/b11-8-,15-10+,21-14+/t23-,24-,25+,29+/m0/s1. The highest BCUT2D eigenvalue weighted by Gasteiger charge is 2.57. The molecule has 6 heteroatoms. The van der Waals surface area contributed by atoms with Gasteiger partial charge in [-0.1, -0.05) is 95.1 Å². The minimum atomic E-state index is -0.995. The van der Waals surface area contributed by atoms with E-state index in [0.29, 0.717) is 23.0 Å². The molecule has 0 saturated carbocycles. The molecular weight excluding hydrogens is 477 g/mol. The van der Waals surface area contributed by atoms with Crippen molar-refractivity contribution in [1.82, 2.24) is 10.6 Å². The number of hydrogen-bond donors (Lipinski definition) is 2. The van der Waals surface area contributed by atoms with Gasteiger partial charge in [0.2, 0.25) is 5.91 Å². The van der Waals surface area contributed by atoms with E-state index in [4.69, 9.17) is 23.2 Å². The van der Waals surface area contributed by atoms with Crippen LogP contribution in [0.3, 0.4) is 0 Å². The van der Waals surface area contributed by atoms with Crippen molar-refractivity contribution in [3.05, 3.63) is 70.3 Å². The second-order valence-corrected chi connectivity index (χ2v) is 12.6. The predicted octanol–water partition coefficient (Wildman–Crippen LogP) is 7.13. The Kier molecular flexibility index (Phi) is 9.82. The maximum Gasteiger partial charge on any atom is 0.237 e. The van der Waals surface area contributed by atoms with Crippen molar-refractivity contribution in [3.63, 3.8) is 0 Å². The number of allylic oxidation sites excluding steroid dienone is 5. The normalized spacial score (nSPS) is 25.8. The molecule has 1 saturated heterocycles. The highest BCUT2D eigenvalue weighted by atomic mass is 35.5. The number of carbonyl (C=O) groups is 1. The Morgan fingerprint density at radius 1 is 1.23 bits per heavy atom. The topological polar surface area (TPSA) is 64.9 Å². The molecule has 2 rings (SSSR count). The van der Waals surface area contributed by atoms with Crippen LogP contribution in [-0.4, -0.2) is 24.5 Å². The monoisotopic (exact) mass is 515 g/mol. The Morgan fingerprint density at radius 3 is 2.46 bits per heavy atom. The van der Waals surface area contributed by atoms with Crippen molar-refractivity contribution in [3.8, 4) is 6.07 Å². The molecule has 35 heavy (non-hydrogen) atoms. The lowest BCUT2D eigenvalue weighted by Gasteiger charge is -2.34. The molecule has 0 aliphatic carbocycles. The van der Waals surface area contributed by atoms with Gasteiger partial charge in [0.1, 0.15) is 0 Å². The van der Waals surface area contributed by atoms with Gasteiger partial charge < -0.3 is 10.6 Å². The van der Waals surface area contributed by atoms with Crippen LogP contribution in [0.2, 0.25) is 5.02 Å². The van der Waals surface area contributed by atoms with Gasteiger partial charge in [-0.05, 0) is 54.0 Å². The summed E-state index contributed by atoms with van der Waals surface area (Å²) in [6.45, 7) is 15.1. The average Bonchev–Trinajstić information content (AvgIpc) is 3.04. The van der Waals surface area contributed by atoms with Crippen LogP contribution in [0.15, 0.2) is 59.7 Å². The molecule has 190 valence electrons. The number of amides is 1. The Morgan fingerprint density at radius 2 is 1.91 bits per heavy atom. The van der Waals surface area contributed by atoms with E-state index in [9.17, 15) is 10.1 Å². The number of halogens is 2. The fourth-order valence-corrected chi connectivity index (χ4v) is 4.96.